The van der Waals surface area contributed by atoms with Crippen molar-refractivity contribution in [2.45, 2.75) is 6.04 Å². The van der Waals surface area contributed by atoms with Gasteiger partial charge in [-0.15, -0.1) is 0 Å². The Bertz CT molecular complexity index is 613. The zero-order valence-corrected chi connectivity index (χ0v) is 11.6. The highest BCUT2D eigenvalue weighted by atomic mass is 16.4. The van der Waals surface area contributed by atoms with Crippen molar-refractivity contribution >= 4 is 11.8 Å². The number of nitrogens with zero attached hydrogens (tertiary/aromatic N) is 2. The van der Waals surface area contributed by atoms with E-state index in [2.05, 4.69) is 27.3 Å². The van der Waals surface area contributed by atoms with Gasteiger partial charge in [-0.1, -0.05) is 30.3 Å². The van der Waals surface area contributed by atoms with Gasteiger partial charge in [0.2, 0.25) is 0 Å². The van der Waals surface area contributed by atoms with E-state index in [1.807, 2.05) is 18.2 Å². The molecule has 5 nitrogen and oxygen atoms in total. The normalized spacial score (nSPS) is 18.5. The first-order valence-corrected chi connectivity index (χ1v) is 6.96. The van der Waals surface area contributed by atoms with Gasteiger partial charge in [0.15, 0.2) is 0 Å². The summed E-state index contributed by atoms with van der Waals surface area (Å²) in [6.45, 7) is 2.56. The van der Waals surface area contributed by atoms with Gasteiger partial charge in [0, 0.05) is 31.9 Å². The molecule has 0 radical (unpaired) electrons. The average Bonchev–Trinajstić information content (AvgIpc) is 2.56. The van der Waals surface area contributed by atoms with Gasteiger partial charge >= 0.3 is 5.97 Å². The maximum atomic E-state index is 10.9. The molecule has 0 saturated carbocycles. The number of hydrogen-bond acceptors (Lipinski definition) is 4. The van der Waals surface area contributed by atoms with Crippen LogP contribution in [0.5, 0.6) is 0 Å². The molecular formula is C16H17N3O2. The molecule has 1 atom stereocenters. The number of benzene rings is 1. The van der Waals surface area contributed by atoms with Gasteiger partial charge in [-0.25, -0.2) is 9.78 Å². The quantitative estimate of drug-likeness (QED) is 0.901. The van der Waals surface area contributed by atoms with Gasteiger partial charge in [0.25, 0.3) is 0 Å². The fraction of sp³-hybridized carbons (Fsp3) is 0.250. The Morgan fingerprint density at radius 2 is 2.05 bits per heavy atom. The Kier molecular flexibility index (Phi) is 3.83. The van der Waals surface area contributed by atoms with Gasteiger partial charge in [-0.2, -0.15) is 0 Å². The maximum absolute atomic E-state index is 10.9. The van der Waals surface area contributed by atoms with Crippen LogP contribution in [-0.2, 0) is 0 Å². The number of carboxylic acid groups (broad SMARTS) is 1. The van der Waals surface area contributed by atoms with Crippen molar-refractivity contribution in [2.24, 2.45) is 0 Å². The Morgan fingerprint density at radius 1 is 1.24 bits per heavy atom. The summed E-state index contributed by atoms with van der Waals surface area (Å²) in [5, 5.41) is 12.4. The average molecular weight is 283 g/mol. The summed E-state index contributed by atoms with van der Waals surface area (Å²) in [6.07, 6.45) is 1.41. The molecule has 2 aromatic rings. The highest BCUT2D eigenvalue weighted by Crippen LogP contribution is 2.21. The third kappa shape index (κ3) is 3.03. The number of carboxylic acids is 1. The van der Waals surface area contributed by atoms with Crippen molar-refractivity contribution < 1.29 is 9.90 Å². The molecule has 0 bridgehead atoms. The van der Waals surface area contributed by atoms with Gasteiger partial charge in [0.05, 0.1) is 5.56 Å². The maximum Gasteiger partial charge on any atom is 0.337 e. The standard InChI is InChI=1S/C16H17N3O2/c20-16(21)13-6-7-15(18-10-13)19-9-8-17-14(11-19)12-4-2-1-3-5-12/h1-7,10,14,17H,8-9,11H2,(H,20,21)/t14-/m0/s1. The number of piperazine rings is 1. The molecular weight excluding hydrogens is 266 g/mol. The Hall–Kier alpha value is -2.40. The summed E-state index contributed by atoms with van der Waals surface area (Å²) in [7, 11) is 0. The van der Waals surface area contributed by atoms with E-state index in [-0.39, 0.29) is 11.6 Å². The van der Waals surface area contributed by atoms with Crippen molar-refractivity contribution in [3.63, 3.8) is 0 Å². The van der Waals surface area contributed by atoms with Gasteiger partial charge in [0.1, 0.15) is 5.82 Å². The molecule has 1 aromatic heterocycles. The summed E-state index contributed by atoms with van der Waals surface area (Å²) < 4.78 is 0. The number of aromatic carboxylic acids is 1. The summed E-state index contributed by atoms with van der Waals surface area (Å²) >= 11 is 0. The van der Waals surface area contributed by atoms with Crippen LogP contribution in [0.15, 0.2) is 48.7 Å². The highest BCUT2D eigenvalue weighted by molar-refractivity contribution is 5.87. The van der Waals surface area contributed by atoms with E-state index < -0.39 is 5.97 Å². The summed E-state index contributed by atoms with van der Waals surface area (Å²) in [4.78, 5) is 17.3. The zero-order chi connectivity index (χ0) is 14.7. The third-order valence-electron chi connectivity index (χ3n) is 3.70. The minimum Gasteiger partial charge on any atom is -0.478 e. The number of anilines is 1. The molecule has 21 heavy (non-hydrogen) atoms. The molecule has 0 unspecified atom stereocenters. The summed E-state index contributed by atoms with van der Waals surface area (Å²) in [6, 6.07) is 14.0. The lowest BCUT2D eigenvalue weighted by molar-refractivity contribution is 0.0696. The molecule has 1 aliphatic heterocycles. The zero-order valence-electron chi connectivity index (χ0n) is 11.6. The number of nitrogens with one attached hydrogen (secondary N) is 1. The monoisotopic (exact) mass is 283 g/mol. The topological polar surface area (TPSA) is 65.5 Å². The predicted octanol–water partition coefficient (Wildman–Crippen LogP) is 1.93. The highest BCUT2D eigenvalue weighted by Gasteiger charge is 2.21. The Morgan fingerprint density at radius 3 is 2.71 bits per heavy atom. The summed E-state index contributed by atoms with van der Waals surface area (Å²) in [5.74, 6) is -0.126. The molecule has 5 heteroatoms. The number of pyridine rings is 1. The first-order valence-electron chi connectivity index (χ1n) is 6.96. The van der Waals surface area contributed by atoms with Crippen LogP contribution in [0.4, 0.5) is 5.82 Å². The summed E-state index contributed by atoms with van der Waals surface area (Å²) in [5.41, 5.74) is 1.47. The second-order valence-electron chi connectivity index (χ2n) is 5.07. The lowest BCUT2D eigenvalue weighted by Gasteiger charge is -2.34. The van der Waals surface area contributed by atoms with Crippen molar-refractivity contribution in [1.82, 2.24) is 10.3 Å². The van der Waals surface area contributed by atoms with Crippen LogP contribution in [-0.4, -0.2) is 35.7 Å². The van der Waals surface area contributed by atoms with Crippen molar-refractivity contribution in [3.8, 4) is 0 Å². The lowest BCUT2D eigenvalue weighted by atomic mass is 10.0. The van der Waals surface area contributed by atoms with E-state index in [9.17, 15) is 4.79 Å². The first-order chi connectivity index (χ1) is 10.2. The van der Waals surface area contributed by atoms with Gasteiger partial charge in [-0.05, 0) is 17.7 Å². The van der Waals surface area contributed by atoms with E-state index in [1.54, 1.807) is 12.1 Å². The molecule has 1 aliphatic rings. The number of aromatic nitrogens is 1. The molecule has 1 aromatic carbocycles. The molecule has 3 rings (SSSR count). The number of carbonyl (C=O) groups is 1. The van der Waals surface area contributed by atoms with Crippen LogP contribution in [0.1, 0.15) is 22.0 Å². The van der Waals surface area contributed by atoms with Crippen LogP contribution >= 0.6 is 0 Å². The molecule has 0 aliphatic carbocycles. The van der Waals surface area contributed by atoms with Crippen LogP contribution in [0.25, 0.3) is 0 Å². The fourth-order valence-corrected chi connectivity index (χ4v) is 2.57. The minimum absolute atomic E-state index is 0.216. The largest absolute Gasteiger partial charge is 0.478 e. The van der Waals surface area contributed by atoms with E-state index in [1.165, 1.54) is 11.8 Å². The molecule has 2 heterocycles. The molecule has 1 saturated heterocycles. The van der Waals surface area contributed by atoms with Crippen LogP contribution < -0.4 is 10.2 Å². The van der Waals surface area contributed by atoms with E-state index >= 15 is 0 Å². The lowest BCUT2D eigenvalue weighted by Crippen LogP contribution is -2.46. The fourth-order valence-electron chi connectivity index (χ4n) is 2.57. The second kappa shape index (κ2) is 5.93. The van der Waals surface area contributed by atoms with E-state index in [0.29, 0.717) is 0 Å². The van der Waals surface area contributed by atoms with Crippen LogP contribution in [0.3, 0.4) is 0 Å². The smallest absolute Gasteiger partial charge is 0.337 e. The first kappa shape index (κ1) is 13.6. The molecule has 1 fully saturated rings. The van der Waals surface area contributed by atoms with Crippen molar-refractivity contribution in [2.75, 3.05) is 24.5 Å². The number of rotatable bonds is 3. The molecule has 2 N–H and O–H groups in total. The second-order valence-corrected chi connectivity index (χ2v) is 5.07. The molecule has 0 amide bonds. The van der Waals surface area contributed by atoms with Gasteiger partial charge < -0.3 is 15.3 Å². The Labute approximate surface area is 123 Å². The minimum atomic E-state index is -0.948. The SMILES string of the molecule is O=C(O)c1ccc(N2CCN[C@H](c3ccccc3)C2)nc1. The van der Waals surface area contributed by atoms with E-state index in [0.717, 1.165) is 25.5 Å². The van der Waals surface area contributed by atoms with Crippen LogP contribution in [0, 0.1) is 0 Å². The Balaban J connectivity index is 1.75. The van der Waals surface area contributed by atoms with E-state index in [4.69, 9.17) is 5.11 Å². The van der Waals surface area contributed by atoms with Crippen molar-refractivity contribution in [3.05, 3.63) is 59.8 Å². The molecule has 0 spiro atoms. The van der Waals surface area contributed by atoms with Crippen LogP contribution in [0.2, 0.25) is 0 Å². The molecule has 108 valence electrons. The predicted molar refractivity (Wildman–Crippen MR) is 80.6 cm³/mol. The van der Waals surface area contributed by atoms with Gasteiger partial charge in [-0.3, -0.25) is 0 Å². The number of hydrogen-bond donors (Lipinski definition) is 2. The van der Waals surface area contributed by atoms with Crippen molar-refractivity contribution in [1.29, 1.82) is 0 Å². The third-order valence-corrected chi connectivity index (χ3v) is 3.70.